The Morgan fingerprint density at radius 2 is 1.29 bits per heavy atom. The van der Waals surface area contributed by atoms with E-state index in [9.17, 15) is 24.9 Å². The van der Waals surface area contributed by atoms with E-state index in [1.54, 1.807) is 4.90 Å². The van der Waals surface area contributed by atoms with Gasteiger partial charge in [-0.1, -0.05) is 91.0 Å². The zero-order valence-electron chi connectivity index (χ0n) is 22.9. The maximum atomic E-state index is 15.0. The van der Waals surface area contributed by atoms with Gasteiger partial charge in [-0.15, -0.1) is 0 Å². The molecule has 3 aromatic carbocycles. The average molecular weight is 572 g/mol. The number of nitrogens with zero attached hydrogens (tertiary/aromatic N) is 3. The van der Waals surface area contributed by atoms with E-state index in [1.165, 1.54) is 21.4 Å². The van der Waals surface area contributed by atoms with Crippen molar-refractivity contribution in [2.45, 2.75) is 29.7 Å². The molecule has 0 spiro atoms. The molecule has 2 aliphatic rings. The molecule has 3 N–H and O–H groups in total. The molecular weight excluding hydrogens is 538 g/mol. The summed E-state index contributed by atoms with van der Waals surface area (Å²) in [4.78, 5) is 30.7. The van der Waals surface area contributed by atoms with Crippen LogP contribution in [0, 0.1) is 0 Å². The molecule has 4 atom stereocenters. The lowest BCUT2D eigenvalue weighted by Gasteiger charge is -2.45. The lowest BCUT2D eigenvalue weighted by atomic mass is 9.76. The van der Waals surface area contributed by atoms with Gasteiger partial charge in [-0.05, 0) is 16.7 Å². The molecule has 0 radical (unpaired) electrons. The highest BCUT2D eigenvalue weighted by Gasteiger charge is 2.60. The monoisotopic (exact) mass is 571 g/mol. The Kier molecular flexibility index (Phi) is 7.67. The highest BCUT2D eigenvalue weighted by molar-refractivity contribution is 5.50. The van der Waals surface area contributed by atoms with Crippen molar-refractivity contribution in [3.63, 3.8) is 0 Å². The average Bonchev–Trinajstić information content (AvgIpc) is 3.31. The Hall–Kier alpha value is -3.90. The smallest absolute Gasteiger partial charge is 0.335 e. The van der Waals surface area contributed by atoms with Gasteiger partial charge in [-0.25, -0.2) is 9.36 Å². The molecule has 1 aromatic heterocycles. The van der Waals surface area contributed by atoms with Gasteiger partial charge in [0, 0.05) is 25.4 Å². The number of hydrogen-bond donors (Lipinski definition) is 3. The Morgan fingerprint density at radius 3 is 1.74 bits per heavy atom. The van der Waals surface area contributed by atoms with Gasteiger partial charge in [0.1, 0.15) is 23.9 Å². The summed E-state index contributed by atoms with van der Waals surface area (Å²) in [6, 6.07) is 29.2. The van der Waals surface area contributed by atoms with E-state index in [0.717, 1.165) is 0 Å². The molecule has 0 amide bonds. The normalized spacial score (nSPS) is 25.0. The van der Waals surface area contributed by atoms with Crippen molar-refractivity contribution < 1.29 is 24.8 Å². The molecule has 2 saturated heterocycles. The van der Waals surface area contributed by atoms with Crippen molar-refractivity contribution >= 4 is 0 Å². The second-order valence-corrected chi connectivity index (χ2v) is 10.5. The number of aliphatic hydroxyl groups is 3. The van der Waals surface area contributed by atoms with Gasteiger partial charge < -0.3 is 24.8 Å². The molecule has 2 aliphatic heterocycles. The van der Waals surface area contributed by atoms with Gasteiger partial charge in [-0.2, -0.15) is 0 Å². The SMILES string of the molecule is O=c1ccn([C@]2(N3CCOCC3)O[C@H](CO)[C@@H](O)[C@H]2O)c(=O)n1C(c1ccccc1)(c1ccccc1)c1ccccc1. The van der Waals surface area contributed by atoms with E-state index in [2.05, 4.69) is 0 Å². The fourth-order valence-corrected chi connectivity index (χ4v) is 6.39. The second kappa shape index (κ2) is 11.4. The minimum atomic E-state index is -1.92. The summed E-state index contributed by atoms with van der Waals surface area (Å²) in [5, 5.41) is 32.4. The Labute approximate surface area is 242 Å². The fraction of sp³-hybridized carbons (Fsp3) is 0.312. The minimum Gasteiger partial charge on any atom is -0.394 e. The van der Waals surface area contributed by atoms with Crippen LogP contribution in [0.25, 0.3) is 0 Å². The summed E-state index contributed by atoms with van der Waals surface area (Å²) in [7, 11) is 0. The van der Waals surface area contributed by atoms with Crippen LogP contribution in [0.2, 0.25) is 0 Å². The summed E-state index contributed by atoms with van der Waals surface area (Å²) < 4.78 is 14.1. The molecule has 10 nitrogen and oxygen atoms in total. The summed E-state index contributed by atoms with van der Waals surface area (Å²) in [5.41, 5.74) is -0.763. The summed E-state index contributed by atoms with van der Waals surface area (Å²) in [6.07, 6.45) is -3.00. The Bertz CT molecular complexity index is 1520. The summed E-state index contributed by atoms with van der Waals surface area (Å²) in [6.45, 7) is 0.562. The third-order valence-electron chi connectivity index (χ3n) is 8.30. The van der Waals surface area contributed by atoms with E-state index in [-0.39, 0.29) is 13.1 Å². The van der Waals surface area contributed by atoms with Gasteiger partial charge in [0.15, 0.2) is 0 Å². The first-order valence-electron chi connectivity index (χ1n) is 14.0. The zero-order valence-corrected chi connectivity index (χ0v) is 22.9. The Morgan fingerprint density at radius 1 is 0.786 bits per heavy atom. The summed E-state index contributed by atoms with van der Waals surface area (Å²) in [5.74, 6) is -1.92. The van der Waals surface area contributed by atoms with E-state index in [1.807, 2.05) is 91.0 Å². The Balaban J connectivity index is 1.72. The first-order chi connectivity index (χ1) is 20.5. The van der Waals surface area contributed by atoms with E-state index in [0.29, 0.717) is 29.9 Å². The number of aliphatic hydroxyl groups excluding tert-OH is 3. The standard InChI is InChI=1S/C32H33N3O7/c36-22-26-28(38)29(39)32(42-26,33-18-20-41-21-19-33)34-17-16-27(37)35(30(34)40)31(23-10-4-1-5-11-23,24-12-6-2-7-13-24)25-14-8-3-9-15-25/h1-17,26,28-29,36,38-39H,18-22H2/t26-,28-,29-,32+/m1/s1. The molecule has 3 heterocycles. The zero-order chi connectivity index (χ0) is 29.3. The molecule has 2 fully saturated rings. The van der Waals surface area contributed by atoms with Crippen molar-refractivity contribution in [2.24, 2.45) is 0 Å². The van der Waals surface area contributed by atoms with Crippen LogP contribution in [0.5, 0.6) is 0 Å². The van der Waals surface area contributed by atoms with Crippen molar-refractivity contribution in [1.29, 1.82) is 0 Å². The molecule has 0 bridgehead atoms. The topological polar surface area (TPSA) is 126 Å². The quantitative estimate of drug-likeness (QED) is 0.280. The van der Waals surface area contributed by atoms with E-state index < -0.39 is 47.6 Å². The van der Waals surface area contributed by atoms with E-state index in [4.69, 9.17) is 9.47 Å². The van der Waals surface area contributed by atoms with Crippen LogP contribution in [-0.2, 0) is 20.9 Å². The van der Waals surface area contributed by atoms with Gasteiger partial charge in [0.2, 0.25) is 5.85 Å². The van der Waals surface area contributed by atoms with Crippen LogP contribution in [0.3, 0.4) is 0 Å². The van der Waals surface area contributed by atoms with Gasteiger partial charge in [0.05, 0.1) is 19.8 Å². The van der Waals surface area contributed by atoms with Crippen molar-refractivity contribution in [3.05, 3.63) is 141 Å². The van der Waals surface area contributed by atoms with Gasteiger partial charge in [-0.3, -0.25) is 14.3 Å². The van der Waals surface area contributed by atoms with Crippen LogP contribution in [-0.4, -0.2) is 80.6 Å². The largest absolute Gasteiger partial charge is 0.394 e. The molecule has 6 rings (SSSR count). The number of hydrogen-bond acceptors (Lipinski definition) is 8. The molecule has 0 saturated carbocycles. The van der Waals surface area contributed by atoms with Crippen LogP contribution in [0.1, 0.15) is 16.7 Å². The van der Waals surface area contributed by atoms with Crippen molar-refractivity contribution in [1.82, 2.24) is 14.0 Å². The highest BCUT2D eigenvalue weighted by atomic mass is 16.6. The molecule has 0 aliphatic carbocycles. The maximum absolute atomic E-state index is 15.0. The first-order valence-corrected chi connectivity index (χ1v) is 14.0. The highest BCUT2D eigenvalue weighted by Crippen LogP contribution is 2.41. The van der Waals surface area contributed by atoms with Crippen LogP contribution in [0.4, 0.5) is 0 Å². The lowest BCUT2D eigenvalue weighted by Crippen LogP contribution is -2.66. The maximum Gasteiger partial charge on any atom is 0.335 e. The third-order valence-corrected chi connectivity index (χ3v) is 8.30. The molecule has 10 heteroatoms. The summed E-state index contributed by atoms with van der Waals surface area (Å²) >= 11 is 0. The van der Waals surface area contributed by atoms with Gasteiger partial charge in [0.25, 0.3) is 5.56 Å². The van der Waals surface area contributed by atoms with Crippen LogP contribution in [0.15, 0.2) is 113 Å². The minimum absolute atomic E-state index is 0.273. The van der Waals surface area contributed by atoms with Crippen molar-refractivity contribution in [2.75, 3.05) is 32.9 Å². The fourth-order valence-electron chi connectivity index (χ4n) is 6.39. The molecule has 4 aromatic rings. The number of aromatic nitrogens is 2. The lowest BCUT2D eigenvalue weighted by molar-refractivity contribution is -0.259. The van der Waals surface area contributed by atoms with Crippen LogP contribution < -0.4 is 11.2 Å². The van der Waals surface area contributed by atoms with Crippen LogP contribution >= 0.6 is 0 Å². The molecule has 42 heavy (non-hydrogen) atoms. The van der Waals surface area contributed by atoms with Crippen molar-refractivity contribution in [3.8, 4) is 0 Å². The number of ether oxygens (including phenoxy) is 2. The predicted octanol–water partition coefficient (Wildman–Crippen LogP) is 0.906. The van der Waals surface area contributed by atoms with Gasteiger partial charge >= 0.3 is 5.69 Å². The third kappa shape index (κ3) is 4.27. The molecule has 0 unspecified atom stereocenters. The molecular formula is C32H33N3O7. The van der Waals surface area contributed by atoms with E-state index >= 15 is 0 Å². The molecule has 218 valence electrons. The number of benzene rings is 3. The number of morpholine rings is 1. The predicted molar refractivity (Wildman–Crippen MR) is 154 cm³/mol. The number of rotatable bonds is 7. The first kappa shape index (κ1) is 28.2. The second-order valence-electron chi connectivity index (χ2n) is 10.5.